The van der Waals surface area contributed by atoms with Gasteiger partial charge in [0, 0.05) is 18.8 Å². The SMILES string of the molecule is CC(C)c1ccc2c(c1)CCCN2C(=O)COCC1CCCO1. The van der Waals surface area contributed by atoms with E-state index >= 15 is 0 Å². The van der Waals surface area contributed by atoms with Gasteiger partial charge in [0.25, 0.3) is 5.91 Å². The maximum absolute atomic E-state index is 12.5. The number of aryl methyl sites for hydroxylation is 1. The predicted molar refractivity (Wildman–Crippen MR) is 91.0 cm³/mol. The zero-order chi connectivity index (χ0) is 16.2. The third-order valence-corrected chi connectivity index (χ3v) is 4.74. The quantitative estimate of drug-likeness (QED) is 0.836. The molecule has 1 fully saturated rings. The zero-order valence-corrected chi connectivity index (χ0v) is 14.2. The summed E-state index contributed by atoms with van der Waals surface area (Å²) in [6.45, 7) is 6.68. The van der Waals surface area contributed by atoms with Gasteiger partial charge in [0.15, 0.2) is 0 Å². The standard InChI is InChI=1S/C19H27NO3/c1-14(2)15-7-8-18-16(11-15)5-3-9-20(18)19(21)13-22-12-17-6-4-10-23-17/h7-8,11,14,17H,3-6,9-10,12-13H2,1-2H3. The lowest BCUT2D eigenvalue weighted by molar-refractivity contribution is -0.124. The summed E-state index contributed by atoms with van der Waals surface area (Å²) in [5, 5.41) is 0. The van der Waals surface area contributed by atoms with E-state index in [0.717, 1.165) is 44.5 Å². The number of ether oxygens (including phenoxy) is 2. The van der Waals surface area contributed by atoms with E-state index < -0.39 is 0 Å². The van der Waals surface area contributed by atoms with Crippen LogP contribution >= 0.6 is 0 Å². The molecule has 0 aromatic heterocycles. The molecule has 2 heterocycles. The van der Waals surface area contributed by atoms with E-state index in [1.165, 1.54) is 11.1 Å². The van der Waals surface area contributed by atoms with Crippen LogP contribution in [0.25, 0.3) is 0 Å². The lowest BCUT2D eigenvalue weighted by atomic mass is 9.95. The van der Waals surface area contributed by atoms with Gasteiger partial charge in [-0.15, -0.1) is 0 Å². The van der Waals surface area contributed by atoms with Crippen molar-refractivity contribution < 1.29 is 14.3 Å². The van der Waals surface area contributed by atoms with Gasteiger partial charge in [0.2, 0.25) is 0 Å². The van der Waals surface area contributed by atoms with Crippen molar-refractivity contribution in [1.29, 1.82) is 0 Å². The van der Waals surface area contributed by atoms with E-state index in [9.17, 15) is 4.79 Å². The molecule has 1 saturated heterocycles. The second kappa shape index (κ2) is 7.45. The Bertz CT molecular complexity index is 550. The third kappa shape index (κ3) is 3.93. The summed E-state index contributed by atoms with van der Waals surface area (Å²) in [5.41, 5.74) is 3.69. The average Bonchev–Trinajstić information content (AvgIpc) is 3.07. The first-order valence-corrected chi connectivity index (χ1v) is 8.77. The van der Waals surface area contributed by atoms with Crippen LogP contribution in [0.2, 0.25) is 0 Å². The molecule has 2 aliphatic heterocycles. The molecular weight excluding hydrogens is 290 g/mol. The molecule has 1 unspecified atom stereocenters. The summed E-state index contributed by atoms with van der Waals surface area (Å²) >= 11 is 0. The molecule has 4 nitrogen and oxygen atoms in total. The van der Waals surface area contributed by atoms with Gasteiger partial charge in [0.05, 0.1) is 12.7 Å². The van der Waals surface area contributed by atoms with Gasteiger partial charge in [0.1, 0.15) is 6.61 Å². The minimum atomic E-state index is 0.0567. The smallest absolute Gasteiger partial charge is 0.252 e. The van der Waals surface area contributed by atoms with E-state index in [1.807, 2.05) is 4.90 Å². The Morgan fingerprint density at radius 2 is 2.26 bits per heavy atom. The molecule has 3 rings (SSSR count). The van der Waals surface area contributed by atoms with Crippen LogP contribution in [0, 0.1) is 0 Å². The minimum absolute atomic E-state index is 0.0567. The van der Waals surface area contributed by atoms with Gasteiger partial charge in [-0.3, -0.25) is 4.79 Å². The van der Waals surface area contributed by atoms with Gasteiger partial charge in [-0.1, -0.05) is 26.0 Å². The molecule has 126 valence electrons. The van der Waals surface area contributed by atoms with Gasteiger partial charge in [-0.05, 0) is 48.8 Å². The molecule has 1 atom stereocenters. The van der Waals surface area contributed by atoms with E-state index in [2.05, 4.69) is 32.0 Å². The molecule has 1 aromatic rings. The van der Waals surface area contributed by atoms with Crippen molar-refractivity contribution in [2.24, 2.45) is 0 Å². The maximum Gasteiger partial charge on any atom is 0.252 e. The summed E-state index contributed by atoms with van der Waals surface area (Å²) in [6.07, 6.45) is 4.38. The lowest BCUT2D eigenvalue weighted by Crippen LogP contribution is -2.38. The fourth-order valence-electron chi connectivity index (χ4n) is 3.37. The number of hydrogen-bond acceptors (Lipinski definition) is 3. The molecule has 0 spiro atoms. The number of anilines is 1. The van der Waals surface area contributed by atoms with Crippen molar-refractivity contribution in [2.45, 2.75) is 51.6 Å². The van der Waals surface area contributed by atoms with Gasteiger partial charge >= 0.3 is 0 Å². The summed E-state index contributed by atoms with van der Waals surface area (Å²) in [7, 11) is 0. The number of amides is 1. The lowest BCUT2D eigenvalue weighted by Gasteiger charge is -2.30. The molecule has 1 amide bonds. The molecule has 0 saturated carbocycles. The monoisotopic (exact) mass is 317 g/mol. The minimum Gasteiger partial charge on any atom is -0.376 e. The fraction of sp³-hybridized carbons (Fsp3) is 0.632. The van der Waals surface area contributed by atoms with Gasteiger partial charge < -0.3 is 14.4 Å². The van der Waals surface area contributed by atoms with E-state index in [0.29, 0.717) is 12.5 Å². The Hall–Kier alpha value is -1.39. The van der Waals surface area contributed by atoms with Crippen LogP contribution in [0.4, 0.5) is 5.69 Å². The number of nitrogens with zero attached hydrogens (tertiary/aromatic N) is 1. The molecule has 0 radical (unpaired) electrons. The first kappa shape index (κ1) is 16.5. The number of carbonyl (C=O) groups excluding carboxylic acids is 1. The van der Waals surface area contributed by atoms with Gasteiger partial charge in [-0.2, -0.15) is 0 Å². The Morgan fingerprint density at radius 3 is 3.00 bits per heavy atom. The normalized spacial score (nSPS) is 20.8. The first-order valence-electron chi connectivity index (χ1n) is 8.77. The molecule has 23 heavy (non-hydrogen) atoms. The summed E-state index contributed by atoms with van der Waals surface area (Å²) in [5.74, 6) is 0.572. The molecule has 0 N–H and O–H groups in total. The number of fused-ring (bicyclic) bond motifs is 1. The maximum atomic E-state index is 12.5. The van der Waals surface area contributed by atoms with Crippen LogP contribution in [-0.4, -0.2) is 38.4 Å². The van der Waals surface area contributed by atoms with Gasteiger partial charge in [-0.25, -0.2) is 0 Å². The number of benzene rings is 1. The van der Waals surface area contributed by atoms with Crippen molar-refractivity contribution >= 4 is 11.6 Å². The van der Waals surface area contributed by atoms with Crippen molar-refractivity contribution in [3.8, 4) is 0 Å². The van der Waals surface area contributed by atoms with E-state index in [1.54, 1.807) is 0 Å². The van der Waals surface area contributed by atoms with Crippen LogP contribution in [-0.2, 0) is 20.7 Å². The molecular formula is C19H27NO3. The molecule has 4 heteroatoms. The highest BCUT2D eigenvalue weighted by Crippen LogP contribution is 2.30. The Kier molecular flexibility index (Phi) is 5.34. The topological polar surface area (TPSA) is 38.8 Å². The Morgan fingerprint density at radius 1 is 1.39 bits per heavy atom. The van der Waals surface area contributed by atoms with E-state index in [4.69, 9.17) is 9.47 Å². The summed E-state index contributed by atoms with van der Waals surface area (Å²) < 4.78 is 11.1. The van der Waals surface area contributed by atoms with Crippen LogP contribution < -0.4 is 4.90 Å². The second-order valence-corrected chi connectivity index (χ2v) is 6.84. The summed E-state index contributed by atoms with van der Waals surface area (Å²) in [6, 6.07) is 6.50. The van der Waals surface area contributed by atoms with Crippen LogP contribution in [0.15, 0.2) is 18.2 Å². The highest BCUT2D eigenvalue weighted by molar-refractivity contribution is 5.95. The molecule has 0 bridgehead atoms. The highest BCUT2D eigenvalue weighted by Gasteiger charge is 2.24. The molecule has 0 aliphatic carbocycles. The fourth-order valence-corrected chi connectivity index (χ4v) is 3.37. The van der Waals surface area contributed by atoms with E-state index in [-0.39, 0.29) is 18.6 Å². The Labute approximate surface area is 138 Å². The molecule has 1 aromatic carbocycles. The van der Waals surface area contributed by atoms with Crippen molar-refractivity contribution in [3.05, 3.63) is 29.3 Å². The van der Waals surface area contributed by atoms with Crippen molar-refractivity contribution in [3.63, 3.8) is 0 Å². The molecule has 2 aliphatic rings. The number of rotatable bonds is 5. The van der Waals surface area contributed by atoms with Crippen LogP contribution in [0.5, 0.6) is 0 Å². The average molecular weight is 317 g/mol. The van der Waals surface area contributed by atoms with Crippen molar-refractivity contribution in [2.75, 3.05) is 31.3 Å². The largest absolute Gasteiger partial charge is 0.376 e. The highest BCUT2D eigenvalue weighted by atomic mass is 16.5. The van der Waals surface area contributed by atoms with Crippen LogP contribution in [0.1, 0.15) is 50.2 Å². The number of hydrogen-bond donors (Lipinski definition) is 0. The predicted octanol–water partition coefficient (Wildman–Crippen LogP) is 3.28. The van der Waals surface area contributed by atoms with Crippen LogP contribution in [0.3, 0.4) is 0 Å². The first-order chi connectivity index (χ1) is 11.1. The second-order valence-electron chi connectivity index (χ2n) is 6.84. The Balaban J connectivity index is 1.61. The van der Waals surface area contributed by atoms with Crippen molar-refractivity contribution in [1.82, 2.24) is 0 Å². The number of carbonyl (C=O) groups is 1. The third-order valence-electron chi connectivity index (χ3n) is 4.74. The summed E-state index contributed by atoms with van der Waals surface area (Å²) in [4.78, 5) is 14.4. The zero-order valence-electron chi connectivity index (χ0n) is 14.2.